The highest BCUT2D eigenvalue weighted by atomic mass is 19.1. The van der Waals surface area contributed by atoms with Crippen LogP contribution < -0.4 is 10.6 Å². The van der Waals surface area contributed by atoms with E-state index in [0.717, 1.165) is 39.9 Å². The molecule has 0 aliphatic heterocycles. The van der Waals surface area contributed by atoms with Crippen LogP contribution in [0.15, 0.2) is 79.1 Å². The molecule has 0 bridgehead atoms. The lowest BCUT2D eigenvalue weighted by Gasteiger charge is -2.19. The van der Waals surface area contributed by atoms with Gasteiger partial charge in [0.2, 0.25) is 5.91 Å². The highest BCUT2D eigenvalue weighted by Gasteiger charge is 2.19. The van der Waals surface area contributed by atoms with E-state index in [4.69, 9.17) is 14.6 Å². The van der Waals surface area contributed by atoms with E-state index < -0.39 is 29.3 Å². The second-order valence-electron chi connectivity index (χ2n) is 11.6. The van der Waals surface area contributed by atoms with Crippen LogP contribution in [-0.2, 0) is 20.8 Å². The molecule has 46 heavy (non-hydrogen) atoms. The predicted octanol–water partition coefficient (Wildman–Crippen LogP) is 5.93. The summed E-state index contributed by atoms with van der Waals surface area (Å²) in [5.74, 6) is -2.09. The normalized spacial score (nSPS) is 11.2. The number of ether oxygens (including phenoxy) is 2. The third-order valence-electron chi connectivity index (χ3n) is 6.58. The van der Waals surface area contributed by atoms with Gasteiger partial charge in [0.15, 0.2) is 0 Å². The number of alkyl carbamates (subject to hydrolysis) is 1. The molecule has 0 atom stereocenters. The molecule has 0 unspecified atom stereocenters. The van der Waals surface area contributed by atoms with E-state index in [-0.39, 0.29) is 31.0 Å². The summed E-state index contributed by atoms with van der Waals surface area (Å²) in [6, 6.07) is 18.6. The first-order valence-corrected chi connectivity index (χ1v) is 14.5. The molecule has 0 saturated heterocycles. The van der Waals surface area contributed by atoms with Crippen LogP contribution in [0.5, 0.6) is 0 Å². The molecule has 0 fully saturated rings. The second kappa shape index (κ2) is 13.6. The minimum Gasteiger partial charge on any atom is -0.458 e. The summed E-state index contributed by atoms with van der Waals surface area (Å²) >= 11 is 0. The first-order chi connectivity index (χ1) is 21.9. The van der Waals surface area contributed by atoms with Crippen LogP contribution in [0.2, 0.25) is 0 Å². The first kappa shape index (κ1) is 31.8. The Bertz CT molecular complexity index is 1910. The molecule has 0 saturated carbocycles. The Balaban J connectivity index is 1.30. The van der Waals surface area contributed by atoms with Crippen LogP contribution in [0.1, 0.15) is 36.8 Å². The van der Waals surface area contributed by atoms with Crippen molar-refractivity contribution >= 4 is 34.6 Å². The van der Waals surface area contributed by atoms with E-state index in [0.29, 0.717) is 11.4 Å². The summed E-state index contributed by atoms with van der Waals surface area (Å²) < 4.78 is 26.0. The van der Waals surface area contributed by atoms with Crippen molar-refractivity contribution in [3.63, 3.8) is 0 Å². The van der Waals surface area contributed by atoms with E-state index in [9.17, 15) is 18.8 Å². The topological polar surface area (TPSA) is 137 Å². The number of carbonyl (C=O) groups excluding carboxylic acids is 3. The Morgan fingerprint density at radius 1 is 0.935 bits per heavy atom. The molecular formula is C34H33FN6O5. The van der Waals surface area contributed by atoms with Crippen molar-refractivity contribution in [2.45, 2.75) is 39.8 Å². The fourth-order valence-electron chi connectivity index (χ4n) is 4.72. The van der Waals surface area contributed by atoms with Gasteiger partial charge in [0.25, 0.3) is 0 Å². The van der Waals surface area contributed by atoms with Gasteiger partial charge >= 0.3 is 12.1 Å². The Kier molecular flexibility index (Phi) is 9.36. The molecule has 5 aromatic rings. The molecule has 0 aliphatic rings. The zero-order valence-electron chi connectivity index (χ0n) is 25.8. The quantitative estimate of drug-likeness (QED) is 0.152. The monoisotopic (exact) mass is 624 g/mol. The molecular weight excluding hydrogens is 591 g/mol. The van der Waals surface area contributed by atoms with Crippen molar-refractivity contribution in [2.75, 3.05) is 18.5 Å². The number of anilines is 1. The van der Waals surface area contributed by atoms with Gasteiger partial charge in [-0.15, -0.1) is 0 Å². The highest BCUT2D eigenvalue weighted by molar-refractivity contribution is 5.98. The zero-order valence-corrected chi connectivity index (χ0v) is 25.8. The Hall–Kier alpha value is -5.65. The maximum Gasteiger partial charge on any atom is 0.407 e. The summed E-state index contributed by atoms with van der Waals surface area (Å²) in [5, 5.41) is 10.9. The number of hydrogen-bond donors (Lipinski definition) is 2. The number of rotatable bonds is 9. The van der Waals surface area contributed by atoms with Gasteiger partial charge < -0.3 is 20.1 Å². The lowest BCUT2D eigenvalue weighted by atomic mass is 10.0. The maximum atomic E-state index is 14.4. The smallest absolute Gasteiger partial charge is 0.407 e. The summed E-state index contributed by atoms with van der Waals surface area (Å²) in [5.41, 5.74) is 3.96. The number of hydrogen-bond acceptors (Lipinski definition) is 8. The molecule has 0 aliphatic carbocycles. The highest BCUT2D eigenvalue weighted by Crippen LogP contribution is 2.34. The van der Waals surface area contributed by atoms with E-state index >= 15 is 0 Å². The van der Waals surface area contributed by atoms with Gasteiger partial charge in [-0.2, -0.15) is 5.10 Å². The van der Waals surface area contributed by atoms with Gasteiger partial charge in [0.05, 0.1) is 16.8 Å². The molecule has 2 N–H and O–H groups in total. The van der Waals surface area contributed by atoms with Gasteiger partial charge in [0, 0.05) is 40.3 Å². The molecule has 0 spiro atoms. The number of nitrogens with zero attached hydrogens (tertiary/aromatic N) is 4. The summed E-state index contributed by atoms with van der Waals surface area (Å²) in [4.78, 5) is 46.5. The van der Waals surface area contributed by atoms with Gasteiger partial charge in [-0.3, -0.25) is 19.4 Å². The SMILES string of the molecule is Cc1cccc(-c2nn(CC(=O)Nc3cc(F)cc(C(=O)OCCOC(=O)NC(C)(C)C)c3)cc2-c2ccnc3ccccc23)n1. The molecule has 2 aromatic carbocycles. The Morgan fingerprint density at radius 2 is 1.72 bits per heavy atom. The maximum absolute atomic E-state index is 14.4. The van der Waals surface area contributed by atoms with Gasteiger partial charge in [-0.25, -0.2) is 14.0 Å². The third kappa shape index (κ3) is 8.08. The fraction of sp³-hybridized carbons (Fsp3) is 0.235. The number of aryl methyl sites for hydroxylation is 1. The van der Waals surface area contributed by atoms with E-state index in [1.54, 1.807) is 33.2 Å². The number of carbonyl (C=O) groups is 3. The molecule has 3 heterocycles. The molecule has 0 radical (unpaired) electrons. The van der Waals surface area contributed by atoms with Crippen molar-refractivity contribution in [2.24, 2.45) is 0 Å². The number of aromatic nitrogens is 4. The van der Waals surface area contributed by atoms with Crippen molar-refractivity contribution in [1.29, 1.82) is 0 Å². The molecule has 12 heteroatoms. The van der Waals surface area contributed by atoms with Crippen molar-refractivity contribution < 1.29 is 28.2 Å². The largest absolute Gasteiger partial charge is 0.458 e. The van der Waals surface area contributed by atoms with Crippen LogP contribution >= 0.6 is 0 Å². The minimum atomic E-state index is -0.841. The number of para-hydroxylation sites is 1. The summed E-state index contributed by atoms with van der Waals surface area (Å²) in [7, 11) is 0. The van der Waals surface area contributed by atoms with Crippen LogP contribution in [0.25, 0.3) is 33.4 Å². The predicted molar refractivity (Wildman–Crippen MR) is 170 cm³/mol. The van der Waals surface area contributed by atoms with Crippen LogP contribution in [0, 0.1) is 12.7 Å². The van der Waals surface area contributed by atoms with E-state index in [1.165, 1.54) is 10.7 Å². The summed E-state index contributed by atoms with van der Waals surface area (Å²) in [6.45, 7) is 6.65. The average Bonchev–Trinajstić information content (AvgIpc) is 3.41. The molecule has 2 amide bonds. The van der Waals surface area contributed by atoms with Crippen LogP contribution in [0.4, 0.5) is 14.9 Å². The van der Waals surface area contributed by atoms with Gasteiger partial charge in [0.1, 0.15) is 31.3 Å². The molecule has 3 aromatic heterocycles. The number of fused-ring (bicyclic) bond motifs is 1. The summed E-state index contributed by atoms with van der Waals surface area (Å²) in [6.07, 6.45) is 2.83. The Morgan fingerprint density at radius 3 is 2.50 bits per heavy atom. The fourth-order valence-corrected chi connectivity index (χ4v) is 4.72. The van der Waals surface area contributed by atoms with Gasteiger partial charge in [-0.05, 0) is 75.7 Å². The third-order valence-corrected chi connectivity index (χ3v) is 6.58. The average molecular weight is 625 g/mol. The van der Waals surface area contributed by atoms with Crippen molar-refractivity contribution in [3.05, 3.63) is 96.2 Å². The molecule has 236 valence electrons. The number of halogens is 1. The van der Waals surface area contributed by atoms with Gasteiger partial charge in [-0.1, -0.05) is 24.3 Å². The number of esters is 1. The van der Waals surface area contributed by atoms with E-state index in [2.05, 4.69) is 20.6 Å². The number of amides is 2. The Labute approximate surface area is 264 Å². The minimum absolute atomic E-state index is 0.0610. The lowest BCUT2D eigenvalue weighted by molar-refractivity contribution is -0.116. The number of nitrogens with one attached hydrogen (secondary N) is 2. The van der Waals surface area contributed by atoms with Crippen LogP contribution in [0.3, 0.4) is 0 Å². The van der Waals surface area contributed by atoms with Crippen LogP contribution in [-0.4, -0.2) is 56.5 Å². The standard InChI is InChI=1S/C34H33FN6O5/c1-21-8-7-11-29(37-21)31-27(25-12-13-36-28-10-6-5-9-26(25)28)19-41(40-31)20-30(42)38-24-17-22(16-23(35)18-24)32(43)45-14-15-46-33(44)39-34(2,3)4/h5-13,16-19H,14-15,20H2,1-4H3,(H,38,42)(H,39,44). The number of benzene rings is 2. The van der Waals surface area contributed by atoms with Crippen molar-refractivity contribution in [3.8, 4) is 22.5 Å². The molecule has 11 nitrogen and oxygen atoms in total. The zero-order chi connectivity index (χ0) is 32.8. The lowest BCUT2D eigenvalue weighted by Crippen LogP contribution is -2.41. The van der Waals surface area contributed by atoms with Crippen molar-refractivity contribution in [1.82, 2.24) is 25.1 Å². The number of pyridine rings is 2. The van der Waals surface area contributed by atoms with E-state index in [1.807, 2.05) is 55.5 Å². The molecule has 5 rings (SSSR count). The second-order valence-corrected chi connectivity index (χ2v) is 11.6. The first-order valence-electron chi connectivity index (χ1n) is 14.5.